The van der Waals surface area contributed by atoms with Crippen LogP contribution in [0.3, 0.4) is 0 Å². The smallest absolute Gasteiger partial charge is 0.255 e. The Hall–Kier alpha value is -0.0800. The SMILES string of the molecule is FC(F)(F)Cc1c(I)sc2c(Cl)ccnc12. The Kier molecular flexibility index (Phi) is 3.33. The number of hydrogen-bond acceptors (Lipinski definition) is 2. The Balaban J connectivity index is 2.61. The van der Waals surface area contributed by atoms with Crippen molar-refractivity contribution in [3.8, 4) is 0 Å². The van der Waals surface area contributed by atoms with Gasteiger partial charge in [-0.2, -0.15) is 13.2 Å². The maximum atomic E-state index is 12.4. The highest BCUT2D eigenvalue weighted by Crippen LogP contribution is 2.38. The molecule has 0 radical (unpaired) electrons. The molecule has 0 N–H and O–H groups in total. The Labute approximate surface area is 112 Å². The normalized spacial score (nSPS) is 12.3. The van der Waals surface area contributed by atoms with Gasteiger partial charge in [0.05, 0.1) is 24.5 Å². The lowest BCUT2D eigenvalue weighted by molar-refractivity contribution is -0.127. The van der Waals surface area contributed by atoms with Gasteiger partial charge in [-0.1, -0.05) is 11.6 Å². The molecular formula is C9H4ClF3INS. The summed E-state index contributed by atoms with van der Waals surface area (Å²) in [6.07, 6.45) is -3.76. The standard InChI is InChI=1S/C9H4ClF3INS/c10-5-1-2-15-6-4(3-9(11,12)13)8(14)16-7(5)6/h1-2H,3H2. The van der Waals surface area contributed by atoms with E-state index in [1.165, 1.54) is 17.5 Å². The van der Waals surface area contributed by atoms with E-state index in [4.69, 9.17) is 11.6 Å². The number of hydrogen-bond donors (Lipinski definition) is 0. The molecule has 7 heteroatoms. The van der Waals surface area contributed by atoms with Crippen molar-refractivity contribution in [3.63, 3.8) is 0 Å². The molecule has 0 saturated carbocycles. The molecule has 0 amide bonds. The first kappa shape index (κ1) is 12.4. The quantitative estimate of drug-likeness (QED) is 0.659. The van der Waals surface area contributed by atoms with Crippen LogP contribution in [0.1, 0.15) is 5.56 Å². The van der Waals surface area contributed by atoms with E-state index in [1.54, 1.807) is 6.07 Å². The minimum atomic E-state index is -4.22. The molecule has 0 aliphatic carbocycles. The van der Waals surface area contributed by atoms with E-state index in [0.717, 1.165) is 0 Å². The average molecular weight is 378 g/mol. The average Bonchev–Trinajstić information content (AvgIpc) is 2.44. The zero-order valence-electron chi connectivity index (χ0n) is 7.61. The van der Waals surface area contributed by atoms with E-state index < -0.39 is 12.6 Å². The van der Waals surface area contributed by atoms with Crippen molar-refractivity contribution in [2.45, 2.75) is 12.6 Å². The van der Waals surface area contributed by atoms with Gasteiger partial charge in [-0.15, -0.1) is 11.3 Å². The van der Waals surface area contributed by atoms with Crippen LogP contribution in [0.15, 0.2) is 12.3 Å². The molecule has 0 atom stereocenters. The summed E-state index contributed by atoms with van der Waals surface area (Å²) in [4.78, 5) is 3.97. The first-order chi connectivity index (χ1) is 7.38. The summed E-state index contributed by atoms with van der Waals surface area (Å²) in [7, 11) is 0. The van der Waals surface area contributed by atoms with Crippen molar-refractivity contribution in [1.29, 1.82) is 0 Å². The van der Waals surface area contributed by atoms with Crippen molar-refractivity contribution in [2.75, 3.05) is 0 Å². The summed E-state index contributed by atoms with van der Waals surface area (Å²) < 4.78 is 38.3. The van der Waals surface area contributed by atoms with Crippen LogP contribution in [-0.4, -0.2) is 11.2 Å². The molecule has 0 unspecified atom stereocenters. The summed E-state index contributed by atoms with van der Waals surface area (Å²) in [6.45, 7) is 0. The highest BCUT2D eigenvalue weighted by Gasteiger charge is 2.31. The van der Waals surface area contributed by atoms with Crippen LogP contribution >= 0.6 is 45.5 Å². The van der Waals surface area contributed by atoms with E-state index in [9.17, 15) is 13.2 Å². The van der Waals surface area contributed by atoms with Crippen molar-refractivity contribution >= 4 is 55.7 Å². The molecule has 2 rings (SSSR count). The van der Waals surface area contributed by atoms with Crippen LogP contribution in [0, 0.1) is 2.88 Å². The minimum Gasteiger partial charge on any atom is -0.255 e. The number of nitrogens with zero attached hydrogens (tertiary/aromatic N) is 1. The predicted octanol–water partition coefficient (Wildman–Crippen LogP) is 4.66. The molecule has 0 bridgehead atoms. The number of pyridine rings is 1. The fraction of sp³-hybridized carbons (Fsp3) is 0.222. The topological polar surface area (TPSA) is 12.9 Å². The molecule has 0 aliphatic rings. The van der Waals surface area contributed by atoms with Gasteiger partial charge in [-0.3, -0.25) is 4.98 Å². The summed E-state index contributed by atoms with van der Waals surface area (Å²) in [5.74, 6) is 0. The van der Waals surface area contributed by atoms with Crippen molar-refractivity contribution in [1.82, 2.24) is 4.98 Å². The summed E-state index contributed by atoms with van der Waals surface area (Å²) in [5, 5.41) is 0.446. The molecule has 0 fully saturated rings. The Bertz CT molecular complexity index is 537. The summed E-state index contributed by atoms with van der Waals surface area (Å²) in [6, 6.07) is 1.58. The van der Waals surface area contributed by atoms with Crippen LogP contribution < -0.4 is 0 Å². The third kappa shape index (κ3) is 2.43. The highest BCUT2D eigenvalue weighted by atomic mass is 127. The first-order valence-electron chi connectivity index (χ1n) is 4.16. The largest absolute Gasteiger partial charge is 0.393 e. The van der Waals surface area contributed by atoms with Crippen molar-refractivity contribution in [2.24, 2.45) is 0 Å². The van der Waals surface area contributed by atoms with Gasteiger partial charge in [-0.05, 0) is 28.7 Å². The number of thiophene rings is 1. The van der Waals surface area contributed by atoms with Gasteiger partial charge in [0.1, 0.15) is 0 Å². The second-order valence-electron chi connectivity index (χ2n) is 3.12. The fourth-order valence-electron chi connectivity index (χ4n) is 1.33. The molecule has 2 heterocycles. The van der Waals surface area contributed by atoms with Crippen LogP contribution in [0.5, 0.6) is 0 Å². The van der Waals surface area contributed by atoms with Crippen molar-refractivity contribution < 1.29 is 13.2 Å². The van der Waals surface area contributed by atoms with Gasteiger partial charge >= 0.3 is 6.18 Å². The third-order valence-electron chi connectivity index (χ3n) is 1.95. The number of fused-ring (bicyclic) bond motifs is 1. The number of alkyl halides is 3. The monoisotopic (exact) mass is 377 g/mol. The van der Waals surface area contributed by atoms with Crippen LogP contribution in [0.25, 0.3) is 10.2 Å². The van der Waals surface area contributed by atoms with Gasteiger partial charge in [0.15, 0.2) is 0 Å². The molecule has 0 spiro atoms. The van der Waals surface area contributed by atoms with Crippen LogP contribution in [-0.2, 0) is 6.42 Å². The molecule has 16 heavy (non-hydrogen) atoms. The molecule has 0 aromatic carbocycles. The molecular weight excluding hydrogens is 374 g/mol. The second-order valence-corrected chi connectivity index (χ2v) is 6.36. The van der Waals surface area contributed by atoms with Crippen LogP contribution in [0.4, 0.5) is 13.2 Å². The molecule has 2 aromatic rings. The maximum Gasteiger partial charge on any atom is 0.393 e. The number of rotatable bonds is 1. The van der Waals surface area contributed by atoms with Crippen LogP contribution in [0.2, 0.25) is 5.02 Å². The molecule has 0 aliphatic heterocycles. The molecule has 86 valence electrons. The van der Waals surface area contributed by atoms with E-state index in [2.05, 4.69) is 4.98 Å². The van der Waals surface area contributed by atoms with Crippen molar-refractivity contribution in [3.05, 3.63) is 25.7 Å². The van der Waals surface area contributed by atoms with Gasteiger partial charge in [-0.25, -0.2) is 0 Å². The number of halogens is 5. The van der Waals surface area contributed by atoms with E-state index in [0.29, 0.717) is 18.1 Å². The molecule has 0 saturated heterocycles. The molecule has 1 nitrogen and oxygen atoms in total. The molecule has 2 aromatic heterocycles. The summed E-state index contributed by atoms with van der Waals surface area (Å²) >= 11 is 9.03. The van der Waals surface area contributed by atoms with Gasteiger partial charge in [0, 0.05) is 11.8 Å². The van der Waals surface area contributed by atoms with Gasteiger partial charge in [0.2, 0.25) is 0 Å². The zero-order valence-corrected chi connectivity index (χ0v) is 11.3. The second kappa shape index (κ2) is 4.30. The Morgan fingerprint density at radius 1 is 1.44 bits per heavy atom. The van der Waals surface area contributed by atoms with E-state index in [-0.39, 0.29) is 5.56 Å². The predicted molar refractivity (Wildman–Crippen MR) is 67.1 cm³/mol. The van der Waals surface area contributed by atoms with E-state index >= 15 is 0 Å². The maximum absolute atomic E-state index is 12.4. The fourth-order valence-corrected chi connectivity index (χ4v) is 3.61. The lowest BCUT2D eigenvalue weighted by Crippen LogP contribution is -2.12. The Morgan fingerprint density at radius 3 is 2.75 bits per heavy atom. The van der Waals surface area contributed by atoms with Gasteiger partial charge < -0.3 is 0 Å². The Morgan fingerprint density at radius 2 is 2.12 bits per heavy atom. The van der Waals surface area contributed by atoms with E-state index in [1.807, 2.05) is 22.6 Å². The summed E-state index contributed by atoms with van der Waals surface area (Å²) in [5.41, 5.74) is 0.579. The zero-order chi connectivity index (χ0) is 11.9. The lowest BCUT2D eigenvalue weighted by atomic mass is 10.2. The minimum absolute atomic E-state index is 0.218. The first-order valence-corrected chi connectivity index (χ1v) is 6.44. The lowest BCUT2D eigenvalue weighted by Gasteiger charge is -2.05. The number of aromatic nitrogens is 1. The third-order valence-corrected chi connectivity index (χ3v) is 4.73. The van der Waals surface area contributed by atoms with Gasteiger partial charge in [0.25, 0.3) is 0 Å². The highest BCUT2D eigenvalue weighted by molar-refractivity contribution is 14.1.